The van der Waals surface area contributed by atoms with Crippen molar-refractivity contribution < 1.29 is 36.3 Å². The summed E-state index contributed by atoms with van der Waals surface area (Å²) in [5.41, 5.74) is 0. The van der Waals surface area contributed by atoms with Crippen LogP contribution >= 0.6 is 11.3 Å². The number of alkyl halides is 3. The fourth-order valence-electron chi connectivity index (χ4n) is 0.809. The van der Waals surface area contributed by atoms with Gasteiger partial charge < -0.3 is 5.11 Å². The van der Waals surface area contributed by atoms with Gasteiger partial charge in [-0.3, -0.25) is 4.84 Å². The smallest absolute Gasteiger partial charge is 0.413 e. The van der Waals surface area contributed by atoms with Crippen LogP contribution in [0.5, 0.6) is 0 Å². The summed E-state index contributed by atoms with van der Waals surface area (Å²) in [5, 5.41) is 9.54. The summed E-state index contributed by atoms with van der Waals surface area (Å²) in [5.74, 6) is -1.34. The molecule has 1 aromatic rings. The first-order valence-corrected chi connectivity index (χ1v) is 6.50. The Hall–Kier alpha value is -1.17. The van der Waals surface area contributed by atoms with E-state index in [4.69, 9.17) is 5.11 Å². The quantitative estimate of drug-likeness (QED) is 0.798. The van der Waals surface area contributed by atoms with Crippen molar-refractivity contribution in [2.24, 2.45) is 0 Å². The largest absolute Gasteiger partial charge is 0.477 e. The minimum atomic E-state index is -4.68. The van der Waals surface area contributed by atoms with Crippen LogP contribution in [0.25, 0.3) is 0 Å². The number of hydrogen-bond donors (Lipinski definition) is 2. The molecule has 11 heteroatoms. The molecule has 0 saturated heterocycles. The lowest BCUT2D eigenvalue weighted by molar-refractivity contribution is -0.181. The van der Waals surface area contributed by atoms with Gasteiger partial charge in [0.2, 0.25) is 0 Å². The van der Waals surface area contributed by atoms with Crippen LogP contribution in [0.15, 0.2) is 16.3 Å². The summed E-state index contributed by atoms with van der Waals surface area (Å²) < 4.78 is 57.9. The van der Waals surface area contributed by atoms with E-state index in [0.29, 0.717) is 11.3 Å². The van der Waals surface area contributed by atoms with E-state index in [-0.39, 0.29) is 4.88 Å². The van der Waals surface area contributed by atoms with Crippen LogP contribution in [0.1, 0.15) is 9.67 Å². The number of rotatable bonds is 5. The van der Waals surface area contributed by atoms with Crippen LogP contribution in [0, 0.1) is 0 Å². The molecule has 0 bridgehead atoms. The summed E-state index contributed by atoms with van der Waals surface area (Å²) in [6.07, 6.45) is -4.68. The Balaban J connectivity index is 2.71. The van der Waals surface area contributed by atoms with E-state index in [0.717, 1.165) is 11.4 Å². The number of halogens is 3. The Morgan fingerprint density at radius 2 is 2.11 bits per heavy atom. The first kappa shape index (κ1) is 14.9. The van der Waals surface area contributed by atoms with Crippen LogP contribution in [-0.4, -0.2) is 32.3 Å². The van der Waals surface area contributed by atoms with Crippen molar-refractivity contribution in [3.05, 3.63) is 16.3 Å². The molecular weight excluding hydrogens is 299 g/mol. The maximum Gasteiger partial charge on any atom is 0.413 e. The molecule has 0 fully saturated rings. The Kier molecular flexibility index (Phi) is 4.32. The number of carboxylic acid groups (broad SMARTS) is 1. The van der Waals surface area contributed by atoms with Crippen molar-refractivity contribution in [1.82, 2.24) is 4.89 Å². The molecule has 0 unspecified atom stereocenters. The normalized spacial score (nSPS) is 12.6. The fraction of sp³-hybridized carbons (Fsp3) is 0.286. The van der Waals surface area contributed by atoms with Crippen molar-refractivity contribution in [2.45, 2.75) is 11.1 Å². The lowest BCUT2D eigenvalue weighted by Gasteiger charge is -2.07. The average Bonchev–Trinajstić information content (AvgIpc) is 2.63. The van der Waals surface area contributed by atoms with Crippen molar-refractivity contribution in [1.29, 1.82) is 0 Å². The number of sulfonamides is 1. The monoisotopic (exact) mass is 305 g/mol. The van der Waals surface area contributed by atoms with E-state index < -0.39 is 33.7 Å². The molecule has 1 heterocycles. The summed E-state index contributed by atoms with van der Waals surface area (Å²) in [6.45, 7) is -1.79. The molecule has 102 valence electrons. The molecule has 2 N–H and O–H groups in total. The van der Waals surface area contributed by atoms with E-state index in [2.05, 4.69) is 4.84 Å². The molecular formula is C7H6F3NO5S2. The third kappa shape index (κ3) is 4.25. The van der Waals surface area contributed by atoms with Crippen LogP contribution in [0.4, 0.5) is 13.2 Å². The third-order valence-electron chi connectivity index (χ3n) is 1.50. The second kappa shape index (κ2) is 5.22. The van der Waals surface area contributed by atoms with Crippen LogP contribution in [0.2, 0.25) is 0 Å². The summed E-state index contributed by atoms with van der Waals surface area (Å²) >= 11 is 0.627. The molecule has 0 aliphatic heterocycles. The molecule has 1 rings (SSSR count). The number of carbonyl (C=O) groups is 1. The molecule has 0 amide bonds. The molecule has 0 atom stereocenters. The number of nitrogens with one attached hydrogen (secondary N) is 1. The molecule has 0 saturated carbocycles. The summed E-state index contributed by atoms with van der Waals surface area (Å²) in [6, 6.07) is 0.812. The Morgan fingerprint density at radius 3 is 2.56 bits per heavy atom. The van der Waals surface area contributed by atoms with Gasteiger partial charge in [0.1, 0.15) is 4.88 Å². The van der Waals surface area contributed by atoms with Crippen molar-refractivity contribution >= 4 is 27.3 Å². The van der Waals surface area contributed by atoms with Gasteiger partial charge in [0.25, 0.3) is 10.0 Å². The van der Waals surface area contributed by atoms with Gasteiger partial charge in [-0.15, -0.1) is 11.3 Å². The van der Waals surface area contributed by atoms with Crippen molar-refractivity contribution in [3.63, 3.8) is 0 Å². The highest BCUT2D eigenvalue weighted by molar-refractivity contribution is 7.89. The Morgan fingerprint density at radius 1 is 1.50 bits per heavy atom. The average molecular weight is 305 g/mol. The second-order valence-electron chi connectivity index (χ2n) is 2.94. The SMILES string of the molecule is O=C(O)c1cc(S(=O)(=O)NOCC(F)(F)F)cs1. The molecule has 1 aromatic heterocycles. The van der Waals surface area contributed by atoms with Gasteiger partial charge in [0, 0.05) is 5.38 Å². The zero-order valence-electron chi connectivity index (χ0n) is 8.39. The maximum atomic E-state index is 11.7. The van der Waals surface area contributed by atoms with Crippen LogP contribution in [-0.2, 0) is 14.9 Å². The Labute approximate surface area is 103 Å². The number of aromatic carboxylic acids is 1. The van der Waals surface area contributed by atoms with E-state index >= 15 is 0 Å². The molecule has 0 aliphatic carbocycles. The molecule has 0 aromatic carbocycles. The van der Waals surface area contributed by atoms with Crippen LogP contribution in [0.3, 0.4) is 0 Å². The lowest BCUT2D eigenvalue weighted by Crippen LogP contribution is -2.29. The maximum absolute atomic E-state index is 11.7. The van der Waals surface area contributed by atoms with Gasteiger partial charge in [-0.1, -0.05) is 4.89 Å². The van der Waals surface area contributed by atoms with Gasteiger partial charge in [0.05, 0.1) is 4.90 Å². The zero-order valence-corrected chi connectivity index (χ0v) is 10.0. The second-order valence-corrected chi connectivity index (χ2v) is 5.50. The topological polar surface area (TPSA) is 92.7 Å². The highest BCUT2D eigenvalue weighted by Crippen LogP contribution is 2.19. The first-order valence-electron chi connectivity index (χ1n) is 4.14. The molecule has 0 aliphatic rings. The number of thiophene rings is 1. The molecule has 18 heavy (non-hydrogen) atoms. The van der Waals surface area contributed by atoms with Gasteiger partial charge in [-0.2, -0.15) is 13.2 Å². The minimum absolute atomic E-state index is 0.258. The van der Waals surface area contributed by atoms with Gasteiger partial charge in [-0.25, -0.2) is 13.2 Å². The molecule has 0 radical (unpaired) electrons. The van der Waals surface area contributed by atoms with E-state index in [1.807, 2.05) is 0 Å². The third-order valence-corrected chi connectivity index (χ3v) is 3.76. The van der Waals surface area contributed by atoms with Gasteiger partial charge in [0.15, 0.2) is 6.61 Å². The highest BCUT2D eigenvalue weighted by atomic mass is 32.2. The van der Waals surface area contributed by atoms with E-state index in [1.165, 1.54) is 4.89 Å². The summed E-state index contributed by atoms with van der Waals surface area (Å²) in [7, 11) is -4.32. The van der Waals surface area contributed by atoms with Gasteiger partial charge in [-0.05, 0) is 6.07 Å². The number of hydrogen-bond acceptors (Lipinski definition) is 5. The first-order chi connectivity index (χ1) is 8.12. The Bertz CT molecular complexity index is 536. The van der Waals surface area contributed by atoms with E-state index in [9.17, 15) is 26.4 Å². The minimum Gasteiger partial charge on any atom is -0.477 e. The highest BCUT2D eigenvalue weighted by Gasteiger charge is 2.29. The fourth-order valence-corrected chi connectivity index (χ4v) is 2.72. The molecule has 6 nitrogen and oxygen atoms in total. The van der Waals surface area contributed by atoms with E-state index in [1.54, 1.807) is 0 Å². The summed E-state index contributed by atoms with van der Waals surface area (Å²) in [4.78, 5) is 14.8. The van der Waals surface area contributed by atoms with Crippen molar-refractivity contribution in [3.8, 4) is 0 Å². The molecule has 0 spiro atoms. The zero-order chi connectivity index (χ0) is 14.0. The van der Waals surface area contributed by atoms with Crippen molar-refractivity contribution in [2.75, 3.05) is 6.61 Å². The standard InChI is InChI=1S/C7H6F3NO5S2/c8-7(9,10)3-16-11-18(14,15)4-1-5(6(12)13)17-2-4/h1-2,11H,3H2,(H,12,13). The van der Waals surface area contributed by atoms with Gasteiger partial charge >= 0.3 is 12.1 Å². The van der Waals surface area contributed by atoms with Crippen LogP contribution < -0.4 is 4.89 Å². The number of carboxylic acids is 1. The lowest BCUT2D eigenvalue weighted by atomic mass is 10.5. The predicted molar refractivity (Wildman–Crippen MR) is 53.6 cm³/mol. The predicted octanol–water partition coefficient (Wildman–Crippen LogP) is 1.22.